The topological polar surface area (TPSA) is 49.4 Å². The molecule has 4 nitrogen and oxygen atoms in total. The number of nitrogens with zero attached hydrogens (tertiary/aromatic N) is 1. The molecule has 0 radical (unpaired) electrons. The largest absolute Gasteiger partial charge is 0.347 e. The van der Waals surface area contributed by atoms with Gasteiger partial charge in [-0.1, -0.05) is 20.8 Å². The van der Waals surface area contributed by atoms with Gasteiger partial charge in [-0.2, -0.15) is 0 Å². The minimum absolute atomic E-state index is 0.0408. The van der Waals surface area contributed by atoms with Crippen molar-refractivity contribution in [3.63, 3.8) is 0 Å². The number of nitrogens with one attached hydrogen (secondary N) is 1. The molecule has 1 heterocycles. The Morgan fingerprint density at radius 2 is 2.00 bits per heavy atom. The summed E-state index contributed by atoms with van der Waals surface area (Å²) in [5.74, 6) is -0.213. The van der Waals surface area contributed by atoms with Gasteiger partial charge in [0.2, 0.25) is 11.8 Å². The van der Waals surface area contributed by atoms with Gasteiger partial charge in [-0.25, -0.2) is 0 Å². The highest BCUT2D eigenvalue weighted by Crippen LogP contribution is 2.22. The van der Waals surface area contributed by atoms with Crippen LogP contribution in [0.2, 0.25) is 0 Å². The molecule has 0 spiro atoms. The highest BCUT2D eigenvalue weighted by atomic mass is 79.9. The standard InChI is InChI=1S/C13H19BrN2O2S/c1-13(2,3)12(18)15-7-11(17)16(4)8-9-5-6-10(14)19-9/h5-6H,7-8H2,1-4H3,(H,15,18). The van der Waals surface area contributed by atoms with E-state index in [0.717, 1.165) is 8.66 Å². The Morgan fingerprint density at radius 1 is 1.37 bits per heavy atom. The first-order valence-electron chi connectivity index (χ1n) is 5.96. The maximum absolute atomic E-state index is 11.9. The molecule has 0 aliphatic heterocycles. The van der Waals surface area contributed by atoms with E-state index < -0.39 is 5.41 Å². The number of thiophene rings is 1. The maximum atomic E-state index is 11.9. The van der Waals surface area contributed by atoms with Crippen molar-refractivity contribution in [3.05, 3.63) is 20.8 Å². The van der Waals surface area contributed by atoms with Gasteiger partial charge >= 0.3 is 0 Å². The van der Waals surface area contributed by atoms with Gasteiger partial charge in [0.1, 0.15) is 0 Å². The summed E-state index contributed by atoms with van der Waals surface area (Å²) in [6.07, 6.45) is 0. The van der Waals surface area contributed by atoms with Crippen molar-refractivity contribution in [2.45, 2.75) is 27.3 Å². The van der Waals surface area contributed by atoms with Crippen LogP contribution >= 0.6 is 27.3 Å². The number of carbonyl (C=O) groups is 2. The second-order valence-corrected chi connectivity index (χ2v) is 7.94. The molecule has 0 aliphatic rings. The van der Waals surface area contributed by atoms with Crippen molar-refractivity contribution < 1.29 is 9.59 Å². The van der Waals surface area contributed by atoms with E-state index in [-0.39, 0.29) is 18.4 Å². The summed E-state index contributed by atoms with van der Waals surface area (Å²) in [7, 11) is 1.74. The summed E-state index contributed by atoms with van der Waals surface area (Å²) in [5.41, 5.74) is -0.475. The monoisotopic (exact) mass is 346 g/mol. The first kappa shape index (κ1) is 16.2. The van der Waals surface area contributed by atoms with Crippen LogP contribution in [0.1, 0.15) is 25.6 Å². The second-order valence-electron chi connectivity index (χ2n) is 5.39. The zero-order valence-corrected chi connectivity index (χ0v) is 14.0. The predicted octanol–water partition coefficient (Wildman–Crippen LogP) is 2.63. The van der Waals surface area contributed by atoms with Gasteiger partial charge in [0.25, 0.3) is 0 Å². The number of hydrogen-bond acceptors (Lipinski definition) is 3. The van der Waals surface area contributed by atoms with E-state index in [1.165, 1.54) is 0 Å². The minimum Gasteiger partial charge on any atom is -0.347 e. The van der Waals surface area contributed by atoms with E-state index in [1.807, 2.05) is 32.9 Å². The van der Waals surface area contributed by atoms with Crippen LogP contribution in [0.25, 0.3) is 0 Å². The van der Waals surface area contributed by atoms with Crippen LogP contribution < -0.4 is 5.32 Å². The molecule has 0 unspecified atom stereocenters. The Morgan fingerprint density at radius 3 is 2.47 bits per heavy atom. The first-order valence-corrected chi connectivity index (χ1v) is 7.57. The zero-order chi connectivity index (χ0) is 14.6. The Hall–Kier alpha value is -0.880. The molecule has 0 bridgehead atoms. The number of halogens is 1. The summed E-state index contributed by atoms with van der Waals surface area (Å²) in [6, 6.07) is 3.94. The van der Waals surface area contributed by atoms with Crippen molar-refractivity contribution >= 4 is 39.1 Å². The number of hydrogen-bond donors (Lipinski definition) is 1. The van der Waals surface area contributed by atoms with Crippen LogP contribution in [-0.4, -0.2) is 30.3 Å². The fourth-order valence-electron chi connectivity index (χ4n) is 1.31. The van der Waals surface area contributed by atoms with Gasteiger partial charge < -0.3 is 10.2 Å². The van der Waals surface area contributed by atoms with Gasteiger partial charge in [0.05, 0.1) is 16.9 Å². The lowest BCUT2D eigenvalue weighted by Gasteiger charge is -2.20. The average molecular weight is 347 g/mol. The minimum atomic E-state index is -0.475. The molecule has 0 aromatic carbocycles. The molecule has 1 aromatic heterocycles. The van der Waals surface area contributed by atoms with E-state index >= 15 is 0 Å². The lowest BCUT2D eigenvalue weighted by Crippen LogP contribution is -2.42. The third kappa shape index (κ3) is 5.32. The summed E-state index contributed by atoms with van der Waals surface area (Å²) in [4.78, 5) is 26.3. The maximum Gasteiger partial charge on any atom is 0.242 e. The molecular weight excluding hydrogens is 328 g/mol. The molecule has 2 amide bonds. The zero-order valence-electron chi connectivity index (χ0n) is 11.6. The predicted molar refractivity (Wildman–Crippen MR) is 81.0 cm³/mol. The highest BCUT2D eigenvalue weighted by Gasteiger charge is 2.22. The lowest BCUT2D eigenvalue weighted by molar-refractivity contribution is -0.134. The van der Waals surface area contributed by atoms with Crippen molar-refractivity contribution in [1.82, 2.24) is 10.2 Å². The Kier molecular flexibility index (Phi) is 5.55. The summed E-state index contributed by atoms with van der Waals surface area (Å²) >= 11 is 4.99. The molecule has 19 heavy (non-hydrogen) atoms. The van der Waals surface area contributed by atoms with Crippen molar-refractivity contribution in [2.75, 3.05) is 13.6 Å². The molecule has 1 aromatic rings. The van der Waals surface area contributed by atoms with Gasteiger partial charge in [-0.3, -0.25) is 9.59 Å². The number of rotatable bonds is 4. The van der Waals surface area contributed by atoms with Crippen LogP contribution in [0.15, 0.2) is 15.9 Å². The molecule has 0 aliphatic carbocycles. The van der Waals surface area contributed by atoms with Gasteiger partial charge in [-0.15, -0.1) is 11.3 Å². The molecule has 6 heteroatoms. The summed E-state index contributed by atoms with van der Waals surface area (Å²) in [5, 5.41) is 2.66. The Labute approximate surface area is 126 Å². The molecule has 0 saturated heterocycles. The molecule has 106 valence electrons. The molecule has 1 N–H and O–H groups in total. The van der Waals surface area contributed by atoms with E-state index in [4.69, 9.17) is 0 Å². The van der Waals surface area contributed by atoms with E-state index in [0.29, 0.717) is 6.54 Å². The summed E-state index contributed by atoms with van der Waals surface area (Å²) < 4.78 is 1.05. The van der Waals surface area contributed by atoms with Crippen LogP contribution in [0, 0.1) is 5.41 Å². The van der Waals surface area contributed by atoms with Crippen LogP contribution in [0.4, 0.5) is 0 Å². The van der Waals surface area contributed by atoms with Crippen molar-refractivity contribution in [2.24, 2.45) is 5.41 Å². The molecule has 1 rings (SSSR count). The molecule has 0 fully saturated rings. The average Bonchev–Trinajstić information content (AvgIpc) is 2.69. The van der Waals surface area contributed by atoms with Crippen molar-refractivity contribution in [3.8, 4) is 0 Å². The molecule has 0 atom stereocenters. The highest BCUT2D eigenvalue weighted by molar-refractivity contribution is 9.11. The van der Waals surface area contributed by atoms with Crippen LogP contribution in [0.3, 0.4) is 0 Å². The van der Waals surface area contributed by atoms with E-state index in [2.05, 4.69) is 21.2 Å². The molecular formula is C13H19BrN2O2S. The Bertz CT molecular complexity index is 465. The fraction of sp³-hybridized carbons (Fsp3) is 0.538. The van der Waals surface area contributed by atoms with Crippen molar-refractivity contribution in [1.29, 1.82) is 0 Å². The smallest absolute Gasteiger partial charge is 0.242 e. The SMILES string of the molecule is CN(Cc1ccc(Br)s1)C(=O)CNC(=O)C(C)(C)C. The summed E-state index contributed by atoms with van der Waals surface area (Å²) in [6.45, 7) is 6.05. The first-order chi connectivity index (χ1) is 8.70. The Balaban J connectivity index is 2.43. The fourth-order valence-corrected chi connectivity index (χ4v) is 2.85. The van der Waals surface area contributed by atoms with E-state index in [1.54, 1.807) is 23.3 Å². The van der Waals surface area contributed by atoms with Gasteiger partial charge in [-0.05, 0) is 28.1 Å². The molecule has 0 saturated carbocycles. The van der Waals surface area contributed by atoms with Gasteiger partial charge in [0.15, 0.2) is 0 Å². The van der Waals surface area contributed by atoms with Crippen LogP contribution in [0.5, 0.6) is 0 Å². The van der Waals surface area contributed by atoms with Gasteiger partial charge in [0, 0.05) is 17.3 Å². The van der Waals surface area contributed by atoms with E-state index in [9.17, 15) is 9.59 Å². The lowest BCUT2D eigenvalue weighted by atomic mass is 9.96. The second kappa shape index (κ2) is 6.52. The number of carbonyl (C=O) groups excluding carboxylic acids is 2. The quantitative estimate of drug-likeness (QED) is 0.910. The number of amides is 2. The third-order valence-corrected chi connectivity index (χ3v) is 4.14. The third-order valence-electron chi connectivity index (χ3n) is 2.53. The van der Waals surface area contributed by atoms with Crippen LogP contribution in [-0.2, 0) is 16.1 Å². The normalized spacial score (nSPS) is 11.2. The number of likely N-dealkylation sites (N-methyl/N-ethyl adjacent to an activating group) is 1.